The Kier molecular flexibility index (Phi) is 8.06. The molecule has 7 nitrogen and oxygen atoms in total. The molecule has 0 bridgehead atoms. The lowest BCUT2D eigenvalue weighted by Gasteiger charge is -2.49. The number of nitrogens with zero attached hydrogens (tertiary/aromatic N) is 1. The molecule has 2 aliphatic carbocycles. The molecule has 0 saturated carbocycles. The third-order valence-corrected chi connectivity index (χ3v) is 8.41. The van der Waals surface area contributed by atoms with Crippen LogP contribution in [0.3, 0.4) is 0 Å². The summed E-state index contributed by atoms with van der Waals surface area (Å²) in [4.78, 5) is 41.6. The zero-order valence-corrected chi connectivity index (χ0v) is 25.3. The van der Waals surface area contributed by atoms with E-state index >= 15 is 0 Å². The number of ketones is 2. The molecule has 7 heteroatoms. The lowest BCUT2D eigenvalue weighted by molar-refractivity contribution is -0.137. The monoisotopic (exact) mass is 571 g/mol. The fraction of sp³-hybridized carbons (Fsp3) is 0.457. The molecule has 0 spiro atoms. The van der Waals surface area contributed by atoms with Crippen molar-refractivity contribution in [1.82, 2.24) is 4.90 Å². The minimum Gasteiger partial charge on any atom is -0.490 e. The van der Waals surface area contributed by atoms with E-state index in [1.807, 2.05) is 60.4 Å². The first-order valence-electron chi connectivity index (χ1n) is 14.8. The van der Waals surface area contributed by atoms with Crippen molar-refractivity contribution in [2.24, 2.45) is 10.8 Å². The van der Waals surface area contributed by atoms with Crippen molar-refractivity contribution < 1.29 is 29.0 Å². The number of ether oxygens (including phenoxy) is 2. The van der Waals surface area contributed by atoms with Gasteiger partial charge in [0.2, 0.25) is 0 Å². The van der Waals surface area contributed by atoms with E-state index in [0.717, 1.165) is 22.5 Å². The van der Waals surface area contributed by atoms with Crippen LogP contribution in [-0.2, 0) is 21.0 Å². The Hall–Kier alpha value is -3.87. The number of carboxylic acid groups (broad SMARTS) is 1. The molecule has 2 aromatic carbocycles. The summed E-state index contributed by atoms with van der Waals surface area (Å²) in [5.74, 6) is -0.256. The zero-order valence-electron chi connectivity index (χ0n) is 25.3. The Bertz CT molecular complexity index is 1410. The highest BCUT2D eigenvalue weighted by molar-refractivity contribution is 6.06. The third kappa shape index (κ3) is 6.01. The van der Waals surface area contributed by atoms with Crippen LogP contribution >= 0.6 is 0 Å². The fourth-order valence-electron chi connectivity index (χ4n) is 6.69. The van der Waals surface area contributed by atoms with Crippen LogP contribution in [0, 0.1) is 10.8 Å². The van der Waals surface area contributed by atoms with Crippen LogP contribution in [-0.4, -0.2) is 40.7 Å². The van der Waals surface area contributed by atoms with Gasteiger partial charge < -0.3 is 19.5 Å². The highest BCUT2D eigenvalue weighted by atomic mass is 16.5. The van der Waals surface area contributed by atoms with E-state index in [1.165, 1.54) is 0 Å². The molecule has 5 rings (SSSR count). The van der Waals surface area contributed by atoms with Gasteiger partial charge in [0.1, 0.15) is 6.61 Å². The number of carbonyl (C=O) groups is 3. The van der Waals surface area contributed by atoms with Crippen LogP contribution in [0.5, 0.6) is 11.5 Å². The van der Waals surface area contributed by atoms with Gasteiger partial charge in [-0.1, -0.05) is 64.1 Å². The number of carboxylic acids is 1. The lowest BCUT2D eigenvalue weighted by Crippen LogP contribution is -2.45. The molecule has 2 aromatic rings. The van der Waals surface area contributed by atoms with Gasteiger partial charge in [-0.15, -0.1) is 0 Å². The summed E-state index contributed by atoms with van der Waals surface area (Å²) in [5, 5.41) is 9.58. The number of carbonyl (C=O) groups excluding carboxylic acids is 2. The molecule has 1 N–H and O–H groups in total. The molecule has 1 aliphatic heterocycles. The van der Waals surface area contributed by atoms with Gasteiger partial charge in [0.15, 0.2) is 23.1 Å². The quantitative estimate of drug-likeness (QED) is 0.353. The average Bonchev–Trinajstić information content (AvgIpc) is 2.90. The van der Waals surface area contributed by atoms with Crippen LogP contribution in [0.2, 0.25) is 0 Å². The van der Waals surface area contributed by atoms with Crippen LogP contribution in [0.25, 0.3) is 0 Å². The molecule has 0 atom stereocenters. The van der Waals surface area contributed by atoms with Gasteiger partial charge in [-0.25, -0.2) is 0 Å². The van der Waals surface area contributed by atoms with E-state index in [2.05, 4.69) is 27.7 Å². The van der Waals surface area contributed by atoms with E-state index in [0.29, 0.717) is 61.5 Å². The second-order valence-electron chi connectivity index (χ2n) is 13.2. The van der Waals surface area contributed by atoms with E-state index < -0.39 is 11.9 Å². The number of benzene rings is 2. The lowest BCUT2D eigenvalue weighted by atomic mass is 9.63. The summed E-state index contributed by atoms with van der Waals surface area (Å²) < 4.78 is 12.2. The van der Waals surface area contributed by atoms with Gasteiger partial charge >= 0.3 is 5.97 Å². The minimum atomic E-state index is -0.906. The highest BCUT2D eigenvalue weighted by Gasteiger charge is 2.49. The van der Waals surface area contributed by atoms with Gasteiger partial charge in [0.05, 0.1) is 13.0 Å². The molecule has 1 heterocycles. The predicted molar refractivity (Wildman–Crippen MR) is 160 cm³/mol. The summed E-state index contributed by atoms with van der Waals surface area (Å²) >= 11 is 0. The molecule has 0 aromatic heterocycles. The molecule has 0 amide bonds. The maximum Gasteiger partial charge on any atom is 0.305 e. The standard InChI is InChI=1S/C35H41NO6/c1-6-41-29-16-23(12-13-28(29)42-21-22-10-8-7-9-11-22)31-32-24(17-34(2,3)19-26(32)37)36(15-14-30(39)40)25-18-35(4,5)20-27(38)33(25)31/h7-13,16,31H,6,14-15,17-21H2,1-5H3,(H,39,40). The largest absolute Gasteiger partial charge is 0.490 e. The smallest absolute Gasteiger partial charge is 0.305 e. The van der Waals surface area contributed by atoms with E-state index in [9.17, 15) is 19.5 Å². The summed E-state index contributed by atoms with van der Waals surface area (Å²) in [6, 6.07) is 15.6. The zero-order chi connectivity index (χ0) is 30.2. The van der Waals surface area contributed by atoms with Gasteiger partial charge in [-0.3, -0.25) is 14.4 Å². The Morgan fingerprint density at radius 2 is 1.45 bits per heavy atom. The van der Waals surface area contributed by atoms with E-state index in [1.54, 1.807) is 0 Å². The van der Waals surface area contributed by atoms with Gasteiger partial charge in [0, 0.05) is 47.8 Å². The Morgan fingerprint density at radius 1 is 0.857 bits per heavy atom. The number of hydrogen-bond donors (Lipinski definition) is 1. The predicted octanol–water partition coefficient (Wildman–Crippen LogP) is 6.82. The second kappa shape index (κ2) is 11.4. The van der Waals surface area contributed by atoms with Crippen molar-refractivity contribution in [2.75, 3.05) is 13.2 Å². The molecule has 42 heavy (non-hydrogen) atoms. The second-order valence-corrected chi connectivity index (χ2v) is 13.2. The topological polar surface area (TPSA) is 93.1 Å². The van der Waals surface area contributed by atoms with Crippen LogP contribution in [0.1, 0.15) is 83.8 Å². The van der Waals surface area contributed by atoms with Gasteiger partial charge in [0.25, 0.3) is 0 Å². The molecule has 0 fully saturated rings. The highest BCUT2D eigenvalue weighted by Crippen LogP contribution is 2.55. The Balaban J connectivity index is 1.64. The SMILES string of the molecule is CCOc1cc(C2C3=C(CC(C)(C)CC3=O)N(CCC(=O)O)C3=C2C(=O)CC(C)(C)C3)ccc1OCc1ccccc1. The van der Waals surface area contributed by atoms with Crippen molar-refractivity contribution in [1.29, 1.82) is 0 Å². The maximum absolute atomic E-state index is 14.0. The number of aliphatic carboxylic acids is 1. The normalized spacial score (nSPS) is 19.9. The molecule has 0 unspecified atom stereocenters. The Morgan fingerprint density at radius 3 is 2.00 bits per heavy atom. The summed E-state index contributed by atoms with van der Waals surface area (Å²) in [6.07, 6.45) is 1.92. The number of hydrogen-bond acceptors (Lipinski definition) is 6. The van der Waals surface area contributed by atoms with Crippen molar-refractivity contribution in [3.05, 3.63) is 82.2 Å². The van der Waals surface area contributed by atoms with Crippen molar-refractivity contribution in [2.45, 2.75) is 79.2 Å². The first-order chi connectivity index (χ1) is 19.9. The number of allylic oxidation sites excluding steroid dienone is 4. The van der Waals surface area contributed by atoms with Crippen LogP contribution in [0.4, 0.5) is 0 Å². The van der Waals surface area contributed by atoms with Crippen molar-refractivity contribution >= 4 is 17.5 Å². The number of Topliss-reactive ketones (excluding diaryl/α,β-unsaturated/α-hetero) is 2. The maximum atomic E-state index is 14.0. The van der Waals surface area contributed by atoms with E-state index in [-0.39, 0.29) is 35.4 Å². The molecule has 0 radical (unpaired) electrons. The average molecular weight is 572 g/mol. The summed E-state index contributed by atoms with van der Waals surface area (Å²) in [7, 11) is 0. The summed E-state index contributed by atoms with van der Waals surface area (Å²) in [5.41, 5.74) is 4.24. The third-order valence-electron chi connectivity index (χ3n) is 8.41. The summed E-state index contributed by atoms with van der Waals surface area (Å²) in [6.45, 7) is 11.2. The van der Waals surface area contributed by atoms with Crippen LogP contribution in [0.15, 0.2) is 71.1 Å². The molecular formula is C35H41NO6. The molecule has 3 aliphatic rings. The first kappa shape index (κ1) is 29.6. The minimum absolute atomic E-state index is 0.0122. The Labute approximate surface area is 248 Å². The molecule has 222 valence electrons. The van der Waals surface area contributed by atoms with Gasteiger partial charge in [-0.2, -0.15) is 0 Å². The first-order valence-corrected chi connectivity index (χ1v) is 14.8. The van der Waals surface area contributed by atoms with Crippen LogP contribution < -0.4 is 9.47 Å². The van der Waals surface area contributed by atoms with Gasteiger partial charge in [-0.05, 0) is 53.9 Å². The van der Waals surface area contributed by atoms with Crippen molar-refractivity contribution in [3.63, 3.8) is 0 Å². The molecular weight excluding hydrogens is 530 g/mol. The molecule has 0 saturated heterocycles. The number of rotatable bonds is 9. The van der Waals surface area contributed by atoms with E-state index in [4.69, 9.17) is 9.47 Å². The van der Waals surface area contributed by atoms with Crippen molar-refractivity contribution in [3.8, 4) is 11.5 Å². The fourth-order valence-corrected chi connectivity index (χ4v) is 6.69.